The zero-order valence-corrected chi connectivity index (χ0v) is 22.6. The molecule has 0 fully saturated rings. The molecule has 0 spiro atoms. The van der Waals surface area contributed by atoms with E-state index in [0.717, 1.165) is 0 Å². The first-order valence-corrected chi connectivity index (χ1v) is 13.5. The minimum Gasteiger partial charge on any atom is -0.379 e. The van der Waals surface area contributed by atoms with Crippen molar-refractivity contribution < 1.29 is 65.8 Å². The summed E-state index contributed by atoms with van der Waals surface area (Å²) in [6.07, 6.45) is -0.0994. The van der Waals surface area contributed by atoms with E-state index in [2.05, 4.69) is 4.52 Å². The van der Waals surface area contributed by atoms with Crippen LogP contribution in [-0.4, -0.2) is 114 Å². The lowest BCUT2D eigenvalue weighted by Gasteiger charge is -2.14. The van der Waals surface area contributed by atoms with Gasteiger partial charge in [-0.2, -0.15) is 0 Å². The molecule has 0 aliphatic rings. The molecule has 0 bridgehead atoms. The summed E-state index contributed by atoms with van der Waals surface area (Å²) in [4.78, 5) is 25.9. The molecule has 3 unspecified atom stereocenters. The highest BCUT2D eigenvalue weighted by Crippen LogP contribution is 2.42. The lowest BCUT2D eigenvalue weighted by Crippen LogP contribution is -2.17. The molecule has 0 aromatic heterocycles. The molecule has 34 heavy (non-hydrogen) atoms. The van der Waals surface area contributed by atoms with E-state index in [-0.39, 0.29) is 58.0 Å². The van der Waals surface area contributed by atoms with Gasteiger partial charge in [0, 0.05) is 21.3 Å². The molecule has 208 valence electrons. The Balaban J connectivity index is 0. The lowest BCUT2D eigenvalue weighted by molar-refractivity contribution is -0.00209. The monoisotopic (exact) mass is 544 g/mol. The fraction of sp³-hybridized carbons (Fsp3) is 1.00. The first-order chi connectivity index (χ1) is 15.9. The Morgan fingerprint density at radius 1 is 0.559 bits per heavy atom. The fourth-order valence-corrected chi connectivity index (χ4v) is 2.62. The van der Waals surface area contributed by atoms with Crippen molar-refractivity contribution in [2.75, 3.05) is 80.8 Å². The summed E-state index contributed by atoms with van der Waals surface area (Å²) in [6.45, 7) is 7.00. The molecule has 3 N–H and O–H groups in total. The van der Waals surface area contributed by atoms with E-state index in [1.165, 1.54) is 0 Å². The Kier molecular flexibility index (Phi) is 23.6. The number of phosphoric ester groups is 2. The number of methoxy groups -OCH3 is 3. The number of hydrogen-bond acceptors (Lipinski definition) is 11. The third kappa shape index (κ3) is 28.2. The third-order valence-corrected chi connectivity index (χ3v) is 5.25. The van der Waals surface area contributed by atoms with E-state index >= 15 is 0 Å². The Morgan fingerprint density at radius 2 is 0.853 bits per heavy atom. The van der Waals surface area contributed by atoms with Crippen LogP contribution in [0.15, 0.2) is 0 Å². The third-order valence-electron chi connectivity index (χ3n) is 3.72. The van der Waals surface area contributed by atoms with Crippen LogP contribution in [-0.2, 0) is 51.1 Å². The van der Waals surface area contributed by atoms with Gasteiger partial charge in [-0.25, -0.2) is 9.13 Å². The quantitative estimate of drug-likeness (QED) is 0.139. The summed E-state index contributed by atoms with van der Waals surface area (Å²) < 4.78 is 65.5. The standard InChI is InChI=1S/C12H27O8P.C6H15O6P/c1-11(15-3)9-17-5-7-19-21(13,14)20-8-6-18-10-12(2)16-4;1-6(10-2)5-11-3-4-12-13(7,8)9/h11-12H,5-10H2,1-4H3,(H,13,14);6H,3-5H2,1-2H3,(H2,7,8,9). The van der Waals surface area contributed by atoms with Crippen molar-refractivity contribution in [1.29, 1.82) is 0 Å². The van der Waals surface area contributed by atoms with E-state index in [0.29, 0.717) is 19.8 Å². The van der Waals surface area contributed by atoms with Crippen LogP contribution in [0, 0.1) is 0 Å². The van der Waals surface area contributed by atoms with Gasteiger partial charge in [0.05, 0.1) is 77.8 Å². The highest BCUT2D eigenvalue weighted by atomic mass is 31.2. The number of phosphoric acid groups is 2. The second-order valence-corrected chi connectivity index (χ2v) is 9.52. The maximum absolute atomic E-state index is 11.5. The number of rotatable bonds is 21. The minimum absolute atomic E-state index is 0.0324. The maximum atomic E-state index is 11.5. The summed E-state index contributed by atoms with van der Waals surface area (Å²) >= 11 is 0. The molecule has 3 atom stereocenters. The van der Waals surface area contributed by atoms with Gasteiger partial charge in [-0.1, -0.05) is 0 Å². The molecular formula is C18H42O14P2. The van der Waals surface area contributed by atoms with Gasteiger partial charge >= 0.3 is 15.6 Å². The molecule has 0 amide bonds. The van der Waals surface area contributed by atoms with Gasteiger partial charge in [0.1, 0.15) is 0 Å². The SMILES string of the molecule is COC(C)COCCOP(=O)(O)O.COC(C)COCCOP(=O)(O)OCCOCC(C)OC. The van der Waals surface area contributed by atoms with Gasteiger partial charge < -0.3 is 43.1 Å². The van der Waals surface area contributed by atoms with Crippen LogP contribution in [0.2, 0.25) is 0 Å². The Bertz CT molecular complexity index is 523. The first kappa shape index (κ1) is 36.1. The molecule has 0 heterocycles. The summed E-state index contributed by atoms with van der Waals surface area (Å²) in [5.41, 5.74) is 0. The first-order valence-electron chi connectivity index (χ1n) is 10.5. The molecule has 0 saturated carbocycles. The average Bonchev–Trinajstić information content (AvgIpc) is 2.77. The predicted octanol–water partition coefficient (Wildman–Crippen LogP) is 1.37. The van der Waals surface area contributed by atoms with E-state index in [4.69, 9.17) is 47.3 Å². The van der Waals surface area contributed by atoms with Crippen LogP contribution < -0.4 is 0 Å². The molecular weight excluding hydrogens is 502 g/mol. The normalized spacial score (nSPS) is 16.3. The maximum Gasteiger partial charge on any atom is 0.472 e. The molecule has 14 nitrogen and oxygen atoms in total. The highest BCUT2D eigenvalue weighted by molar-refractivity contribution is 7.47. The topological polar surface area (TPSA) is 178 Å². The highest BCUT2D eigenvalue weighted by Gasteiger charge is 2.20. The lowest BCUT2D eigenvalue weighted by atomic mass is 10.4. The van der Waals surface area contributed by atoms with Crippen molar-refractivity contribution >= 4 is 15.6 Å². The van der Waals surface area contributed by atoms with Crippen LogP contribution in [0.3, 0.4) is 0 Å². The van der Waals surface area contributed by atoms with Gasteiger partial charge in [0.25, 0.3) is 0 Å². The summed E-state index contributed by atoms with van der Waals surface area (Å²) in [5.74, 6) is 0. The van der Waals surface area contributed by atoms with Gasteiger partial charge in [-0.15, -0.1) is 0 Å². The van der Waals surface area contributed by atoms with E-state index in [1.807, 2.05) is 20.8 Å². The van der Waals surface area contributed by atoms with Crippen LogP contribution in [0.5, 0.6) is 0 Å². The molecule has 0 rings (SSSR count). The molecule has 0 saturated heterocycles. The molecule has 16 heteroatoms. The minimum atomic E-state index is -4.35. The van der Waals surface area contributed by atoms with Crippen molar-refractivity contribution in [3.8, 4) is 0 Å². The molecule has 0 radical (unpaired) electrons. The zero-order valence-electron chi connectivity index (χ0n) is 20.8. The van der Waals surface area contributed by atoms with Crippen molar-refractivity contribution in [3.63, 3.8) is 0 Å². The van der Waals surface area contributed by atoms with Gasteiger partial charge in [0.2, 0.25) is 0 Å². The van der Waals surface area contributed by atoms with Gasteiger partial charge in [-0.3, -0.25) is 13.6 Å². The van der Waals surface area contributed by atoms with Crippen molar-refractivity contribution in [1.82, 2.24) is 0 Å². The molecule has 0 aromatic rings. The smallest absolute Gasteiger partial charge is 0.379 e. The van der Waals surface area contributed by atoms with Gasteiger partial charge in [0.15, 0.2) is 0 Å². The van der Waals surface area contributed by atoms with Crippen molar-refractivity contribution in [2.24, 2.45) is 0 Å². The molecule has 0 aliphatic carbocycles. The van der Waals surface area contributed by atoms with Crippen LogP contribution in [0.4, 0.5) is 0 Å². The molecule has 0 aromatic carbocycles. The predicted molar refractivity (Wildman–Crippen MR) is 122 cm³/mol. The number of hydrogen-bond donors (Lipinski definition) is 3. The Hall–Kier alpha value is -0.0200. The Labute approximate surface area is 201 Å². The fourth-order valence-electron chi connectivity index (χ4n) is 1.63. The summed E-state index contributed by atoms with van der Waals surface area (Å²) in [5, 5.41) is 0. The summed E-state index contributed by atoms with van der Waals surface area (Å²) in [6, 6.07) is 0. The van der Waals surface area contributed by atoms with Gasteiger partial charge in [-0.05, 0) is 20.8 Å². The average molecular weight is 544 g/mol. The van der Waals surface area contributed by atoms with Crippen LogP contribution in [0.1, 0.15) is 20.8 Å². The van der Waals surface area contributed by atoms with E-state index in [1.54, 1.807) is 21.3 Å². The molecule has 0 aliphatic heterocycles. The summed E-state index contributed by atoms with van der Waals surface area (Å²) in [7, 11) is -3.69. The Morgan fingerprint density at radius 3 is 1.12 bits per heavy atom. The van der Waals surface area contributed by atoms with E-state index < -0.39 is 15.6 Å². The van der Waals surface area contributed by atoms with Crippen LogP contribution in [0.25, 0.3) is 0 Å². The largest absolute Gasteiger partial charge is 0.472 e. The second-order valence-electron chi connectivity index (χ2n) is 6.82. The van der Waals surface area contributed by atoms with Crippen molar-refractivity contribution in [2.45, 2.75) is 39.1 Å². The zero-order chi connectivity index (χ0) is 26.5. The second kappa shape index (κ2) is 22.2. The number of ether oxygens (including phenoxy) is 6. The van der Waals surface area contributed by atoms with Crippen LogP contribution >= 0.6 is 15.6 Å². The van der Waals surface area contributed by atoms with E-state index in [9.17, 15) is 14.0 Å². The van der Waals surface area contributed by atoms with Crippen molar-refractivity contribution in [3.05, 3.63) is 0 Å².